The van der Waals surface area contributed by atoms with E-state index in [1.807, 2.05) is 0 Å². The molecule has 1 aromatic heterocycles. The molecule has 60 valence electrons. The van der Waals surface area contributed by atoms with Crippen LogP contribution in [0.2, 0.25) is 0 Å². The molecule has 11 heavy (non-hydrogen) atoms. The SMILES string of the molecule is CS(=O)c1ncc([N+](=O)[O-])s1. The number of hydrogen-bond acceptors (Lipinski definition) is 5. The predicted octanol–water partition coefficient (Wildman–Crippen LogP) is 0.789. The first-order valence-corrected chi connectivity index (χ1v) is 4.92. The molecule has 0 aliphatic rings. The molecule has 1 rings (SSSR count). The summed E-state index contributed by atoms with van der Waals surface area (Å²) in [5, 5.41) is 10.0. The van der Waals surface area contributed by atoms with Crippen molar-refractivity contribution in [2.45, 2.75) is 4.34 Å². The summed E-state index contributed by atoms with van der Waals surface area (Å²) in [6.45, 7) is 0. The minimum Gasteiger partial charge on any atom is -0.257 e. The Morgan fingerprint density at radius 2 is 2.45 bits per heavy atom. The van der Waals surface area contributed by atoms with Gasteiger partial charge in [-0.05, 0) is 11.3 Å². The molecule has 1 atom stereocenters. The minimum absolute atomic E-state index is 0.0739. The first kappa shape index (κ1) is 8.28. The van der Waals surface area contributed by atoms with Gasteiger partial charge in [0, 0.05) is 6.26 Å². The maximum Gasteiger partial charge on any atom is 0.344 e. The van der Waals surface area contributed by atoms with Gasteiger partial charge in [0.1, 0.15) is 6.20 Å². The monoisotopic (exact) mass is 192 g/mol. The zero-order valence-corrected chi connectivity index (χ0v) is 7.15. The van der Waals surface area contributed by atoms with Crippen LogP contribution in [0.15, 0.2) is 10.5 Å². The van der Waals surface area contributed by atoms with Gasteiger partial charge in [0.25, 0.3) is 0 Å². The van der Waals surface area contributed by atoms with Crippen molar-refractivity contribution in [2.24, 2.45) is 0 Å². The van der Waals surface area contributed by atoms with E-state index in [9.17, 15) is 14.3 Å². The summed E-state index contributed by atoms with van der Waals surface area (Å²) in [6, 6.07) is 0. The lowest BCUT2D eigenvalue weighted by atomic mass is 10.9. The van der Waals surface area contributed by atoms with Gasteiger partial charge in [0.15, 0.2) is 4.34 Å². The molecule has 5 nitrogen and oxygen atoms in total. The van der Waals surface area contributed by atoms with Gasteiger partial charge >= 0.3 is 5.00 Å². The summed E-state index contributed by atoms with van der Waals surface area (Å²) in [7, 11) is -1.22. The van der Waals surface area contributed by atoms with E-state index in [1.165, 1.54) is 6.26 Å². The summed E-state index contributed by atoms with van der Waals surface area (Å²) in [5.41, 5.74) is 0. The molecule has 0 saturated heterocycles. The molecule has 0 aliphatic carbocycles. The lowest BCUT2D eigenvalue weighted by Gasteiger charge is -1.81. The summed E-state index contributed by atoms with van der Waals surface area (Å²) < 4.78 is 11.0. The summed E-state index contributed by atoms with van der Waals surface area (Å²) >= 11 is 0.839. The van der Waals surface area contributed by atoms with Crippen LogP contribution in [0.25, 0.3) is 0 Å². The Hall–Kier alpha value is -0.820. The van der Waals surface area contributed by atoms with Crippen molar-refractivity contribution in [1.82, 2.24) is 4.98 Å². The van der Waals surface area contributed by atoms with Crippen LogP contribution in [0, 0.1) is 10.1 Å². The van der Waals surface area contributed by atoms with Crippen molar-refractivity contribution in [3.63, 3.8) is 0 Å². The van der Waals surface area contributed by atoms with Crippen molar-refractivity contribution in [2.75, 3.05) is 6.26 Å². The van der Waals surface area contributed by atoms with Crippen molar-refractivity contribution < 1.29 is 9.13 Å². The molecule has 0 N–H and O–H groups in total. The highest BCUT2D eigenvalue weighted by molar-refractivity contribution is 7.86. The molecular weight excluding hydrogens is 188 g/mol. The fourth-order valence-corrected chi connectivity index (χ4v) is 1.86. The highest BCUT2D eigenvalue weighted by Gasteiger charge is 2.12. The van der Waals surface area contributed by atoms with Gasteiger partial charge in [0.05, 0.1) is 15.7 Å². The van der Waals surface area contributed by atoms with E-state index < -0.39 is 15.7 Å². The van der Waals surface area contributed by atoms with Crippen molar-refractivity contribution in [3.8, 4) is 0 Å². The van der Waals surface area contributed by atoms with E-state index in [2.05, 4.69) is 4.98 Å². The molecule has 0 bridgehead atoms. The summed E-state index contributed by atoms with van der Waals surface area (Å²) in [6.07, 6.45) is 2.55. The average molecular weight is 192 g/mol. The topological polar surface area (TPSA) is 73.1 Å². The summed E-state index contributed by atoms with van der Waals surface area (Å²) in [5.74, 6) is 0. The van der Waals surface area contributed by atoms with Gasteiger partial charge in [-0.3, -0.25) is 14.3 Å². The van der Waals surface area contributed by atoms with E-state index in [4.69, 9.17) is 0 Å². The Morgan fingerprint density at radius 1 is 1.82 bits per heavy atom. The lowest BCUT2D eigenvalue weighted by Crippen LogP contribution is -1.82. The van der Waals surface area contributed by atoms with Gasteiger partial charge in [-0.1, -0.05) is 0 Å². The van der Waals surface area contributed by atoms with Crippen LogP contribution in [0.1, 0.15) is 0 Å². The highest BCUT2D eigenvalue weighted by atomic mass is 32.2. The molecule has 7 heteroatoms. The molecule has 0 radical (unpaired) electrons. The van der Waals surface area contributed by atoms with Gasteiger partial charge in [0.2, 0.25) is 0 Å². The number of nitro groups is 1. The fraction of sp³-hybridized carbons (Fsp3) is 0.250. The van der Waals surface area contributed by atoms with Crippen molar-refractivity contribution >= 4 is 27.1 Å². The number of aromatic nitrogens is 1. The Morgan fingerprint density at radius 3 is 2.73 bits per heavy atom. The first-order valence-electron chi connectivity index (χ1n) is 2.55. The predicted molar refractivity (Wildman–Crippen MR) is 41.1 cm³/mol. The third-order valence-electron chi connectivity index (χ3n) is 0.898. The second kappa shape index (κ2) is 3.05. The standard InChI is InChI=1S/C4H4N2O3S2/c1-11(9)4-5-2-3(10-4)6(7)8/h2H,1H3. The Bertz CT molecular complexity index is 280. The van der Waals surface area contributed by atoms with Gasteiger partial charge in [-0.25, -0.2) is 4.98 Å². The van der Waals surface area contributed by atoms with E-state index in [1.54, 1.807) is 0 Å². The van der Waals surface area contributed by atoms with E-state index in [0.29, 0.717) is 0 Å². The lowest BCUT2D eigenvalue weighted by molar-refractivity contribution is -0.380. The molecule has 0 amide bonds. The first-order chi connectivity index (χ1) is 5.11. The van der Waals surface area contributed by atoms with Crippen molar-refractivity contribution in [3.05, 3.63) is 16.3 Å². The van der Waals surface area contributed by atoms with Crippen LogP contribution >= 0.6 is 11.3 Å². The molecule has 0 spiro atoms. The average Bonchev–Trinajstić information content (AvgIpc) is 2.33. The fourth-order valence-electron chi connectivity index (χ4n) is 0.467. The smallest absolute Gasteiger partial charge is 0.257 e. The molecule has 0 saturated carbocycles. The minimum atomic E-state index is -1.22. The van der Waals surface area contributed by atoms with E-state index in [-0.39, 0.29) is 9.34 Å². The maximum atomic E-state index is 10.7. The van der Waals surface area contributed by atoms with Gasteiger partial charge in [-0.15, -0.1) is 0 Å². The Kier molecular flexibility index (Phi) is 2.30. The van der Waals surface area contributed by atoms with E-state index in [0.717, 1.165) is 17.5 Å². The molecule has 0 aliphatic heterocycles. The maximum absolute atomic E-state index is 10.7. The largest absolute Gasteiger partial charge is 0.344 e. The van der Waals surface area contributed by atoms with Crippen LogP contribution in [-0.4, -0.2) is 20.4 Å². The Labute approximate surface area is 68.7 Å². The molecular formula is C4H4N2O3S2. The number of rotatable bonds is 2. The normalized spacial score (nSPS) is 12.8. The number of hydrogen-bond donors (Lipinski definition) is 0. The van der Waals surface area contributed by atoms with Crippen LogP contribution in [0.3, 0.4) is 0 Å². The number of thiazole rings is 1. The summed E-state index contributed by atoms with van der Waals surface area (Å²) in [4.78, 5) is 13.2. The van der Waals surface area contributed by atoms with Gasteiger partial charge in [-0.2, -0.15) is 0 Å². The van der Waals surface area contributed by atoms with Crippen LogP contribution in [-0.2, 0) is 10.8 Å². The Balaban J connectivity index is 2.99. The molecule has 1 heterocycles. The van der Waals surface area contributed by atoms with E-state index >= 15 is 0 Å². The zero-order valence-electron chi connectivity index (χ0n) is 5.51. The number of nitrogens with zero attached hydrogens (tertiary/aromatic N) is 2. The molecule has 0 fully saturated rings. The molecule has 1 aromatic rings. The van der Waals surface area contributed by atoms with Crippen molar-refractivity contribution in [1.29, 1.82) is 0 Å². The van der Waals surface area contributed by atoms with Crippen LogP contribution < -0.4 is 0 Å². The molecule has 1 unspecified atom stereocenters. The van der Waals surface area contributed by atoms with Gasteiger partial charge < -0.3 is 0 Å². The second-order valence-electron chi connectivity index (χ2n) is 1.68. The molecule has 0 aromatic carbocycles. The quantitative estimate of drug-likeness (QED) is 0.513. The third-order valence-corrected chi connectivity index (χ3v) is 3.19. The second-order valence-corrected chi connectivity index (χ2v) is 4.24. The third kappa shape index (κ3) is 1.81. The van der Waals surface area contributed by atoms with Crippen LogP contribution in [0.5, 0.6) is 0 Å². The highest BCUT2D eigenvalue weighted by Crippen LogP contribution is 2.22. The van der Waals surface area contributed by atoms with Crippen LogP contribution in [0.4, 0.5) is 5.00 Å². The zero-order chi connectivity index (χ0) is 8.43.